The molecular weight excluding hydrogens is 412 g/mol. The molecule has 2 aromatic heterocycles. The summed E-state index contributed by atoms with van der Waals surface area (Å²) < 4.78 is 0. The summed E-state index contributed by atoms with van der Waals surface area (Å²) >= 11 is 0. The highest BCUT2D eigenvalue weighted by Gasteiger charge is 2.24. The number of pyridine rings is 1. The van der Waals surface area contributed by atoms with Crippen LogP contribution in [0, 0.1) is 6.92 Å². The van der Waals surface area contributed by atoms with Crippen LogP contribution in [0.3, 0.4) is 0 Å². The summed E-state index contributed by atoms with van der Waals surface area (Å²) in [4.78, 5) is 30.1. The highest BCUT2D eigenvalue weighted by molar-refractivity contribution is 5.74. The first-order valence-electron chi connectivity index (χ1n) is 11.8. The number of aromatic nitrogens is 3. The van der Waals surface area contributed by atoms with E-state index in [1.54, 1.807) is 6.92 Å². The summed E-state index contributed by atoms with van der Waals surface area (Å²) in [5.74, 6) is 1.75. The van der Waals surface area contributed by atoms with Crippen LogP contribution in [0.15, 0.2) is 48.8 Å². The lowest BCUT2D eigenvalue weighted by Crippen LogP contribution is -2.41. The molecule has 2 aliphatic heterocycles. The molecule has 1 amide bonds. The number of piperidine rings is 1. The number of rotatable bonds is 4. The smallest absolute Gasteiger partial charge is 0.224 e. The van der Waals surface area contributed by atoms with Crippen molar-refractivity contribution in [3.63, 3.8) is 0 Å². The molecule has 33 heavy (non-hydrogen) atoms. The van der Waals surface area contributed by atoms with Crippen molar-refractivity contribution in [2.24, 2.45) is 0 Å². The zero-order chi connectivity index (χ0) is 22.8. The highest BCUT2D eigenvalue weighted by atomic mass is 16.2. The third-order valence-electron chi connectivity index (χ3n) is 6.62. The Labute approximate surface area is 194 Å². The van der Waals surface area contributed by atoms with Gasteiger partial charge in [-0.1, -0.05) is 30.3 Å². The SMILES string of the molecule is CC(=O)N1CCC(Nc2ncc(C)c(N3CCCc4cnc(-c5ccccc5)cc43)n2)CC1. The van der Waals surface area contributed by atoms with Crippen LogP contribution in [0.2, 0.25) is 0 Å². The number of hydrogen-bond acceptors (Lipinski definition) is 6. The Morgan fingerprint density at radius 2 is 1.85 bits per heavy atom. The minimum atomic E-state index is 0.149. The van der Waals surface area contributed by atoms with Crippen LogP contribution in [-0.4, -0.2) is 51.4 Å². The molecule has 0 radical (unpaired) electrons. The number of nitrogens with zero attached hydrogens (tertiary/aromatic N) is 5. The van der Waals surface area contributed by atoms with Gasteiger partial charge in [-0.2, -0.15) is 4.98 Å². The number of anilines is 3. The van der Waals surface area contributed by atoms with Crippen molar-refractivity contribution in [2.75, 3.05) is 29.9 Å². The van der Waals surface area contributed by atoms with Crippen LogP contribution in [0.5, 0.6) is 0 Å². The summed E-state index contributed by atoms with van der Waals surface area (Å²) in [6, 6.07) is 12.8. The number of likely N-dealkylation sites (tertiary alicyclic amines) is 1. The largest absolute Gasteiger partial charge is 0.351 e. The fraction of sp³-hybridized carbons (Fsp3) is 0.385. The predicted octanol–water partition coefficient (Wildman–Crippen LogP) is 4.35. The summed E-state index contributed by atoms with van der Waals surface area (Å²) in [6.45, 7) is 6.18. The summed E-state index contributed by atoms with van der Waals surface area (Å²) in [7, 11) is 0. The number of amides is 1. The molecule has 0 aliphatic carbocycles. The van der Waals surface area contributed by atoms with E-state index in [2.05, 4.69) is 40.3 Å². The fourth-order valence-electron chi connectivity index (χ4n) is 4.75. The van der Waals surface area contributed by atoms with Crippen molar-refractivity contribution in [2.45, 2.75) is 45.6 Å². The van der Waals surface area contributed by atoms with Crippen LogP contribution < -0.4 is 10.2 Å². The van der Waals surface area contributed by atoms with E-state index in [1.807, 2.05) is 35.5 Å². The van der Waals surface area contributed by atoms with Gasteiger partial charge in [0.05, 0.1) is 5.69 Å². The lowest BCUT2D eigenvalue weighted by Gasteiger charge is -2.33. The number of carbonyl (C=O) groups is 1. The fourth-order valence-corrected chi connectivity index (χ4v) is 4.75. The minimum Gasteiger partial charge on any atom is -0.351 e. The van der Waals surface area contributed by atoms with Crippen LogP contribution in [0.4, 0.5) is 17.5 Å². The molecule has 1 fully saturated rings. The first kappa shape index (κ1) is 21.4. The van der Waals surface area contributed by atoms with Gasteiger partial charge in [0.25, 0.3) is 0 Å². The van der Waals surface area contributed by atoms with E-state index >= 15 is 0 Å². The average Bonchev–Trinajstić information content (AvgIpc) is 2.85. The Hall–Kier alpha value is -3.48. The van der Waals surface area contributed by atoms with Crippen LogP contribution in [-0.2, 0) is 11.2 Å². The Morgan fingerprint density at radius 3 is 2.61 bits per heavy atom. The molecule has 0 atom stereocenters. The molecule has 1 aromatic carbocycles. The van der Waals surface area contributed by atoms with Gasteiger partial charge in [-0.05, 0) is 44.2 Å². The molecule has 0 bridgehead atoms. The molecule has 4 heterocycles. The lowest BCUT2D eigenvalue weighted by atomic mass is 10.0. The van der Waals surface area contributed by atoms with E-state index in [9.17, 15) is 4.79 Å². The van der Waals surface area contributed by atoms with Gasteiger partial charge >= 0.3 is 0 Å². The van der Waals surface area contributed by atoms with Gasteiger partial charge in [0, 0.05) is 61.8 Å². The Kier molecular flexibility index (Phi) is 5.94. The zero-order valence-corrected chi connectivity index (χ0v) is 19.3. The van der Waals surface area contributed by atoms with Crippen LogP contribution in [0.25, 0.3) is 11.3 Å². The number of nitrogens with one attached hydrogen (secondary N) is 1. The quantitative estimate of drug-likeness (QED) is 0.647. The molecule has 1 saturated heterocycles. The molecule has 0 spiro atoms. The number of fused-ring (bicyclic) bond motifs is 1. The monoisotopic (exact) mass is 442 g/mol. The summed E-state index contributed by atoms with van der Waals surface area (Å²) in [6.07, 6.45) is 7.83. The number of benzene rings is 1. The normalized spacial score (nSPS) is 16.4. The molecule has 0 saturated carbocycles. The van der Waals surface area contributed by atoms with Gasteiger partial charge in [0.15, 0.2) is 0 Å². The predicted molar refractivity (Wildman–Crippen MR) is 131 cm³/mol. The second kappa shape index (κ2) is 9.17. The van der Waals surface area contributed by atoms with Gasteiger partial charge in [-0.3, -0.25) is 9.78 Å². The molecule has 170 valence electrons. The Morgan fingerprint density at radius 1 is 1.06 bits per heavy atom. The van der Waals surface area contributed by atoms with E-state index in [-0.39, 0.29) is 11.9 Å². The zero-order valence-electron chi connectivity index (χ0n) is 19.3. The molecule has 1 N–H and O–H groups in total. The van der Waals surface area contributed by atoms with Crippen molar-refractivity contribution < 1.29 is 4.79 Å². The summed E-state index contributed by atoms with van der Waals surface area (Å²) in [5.41, 5.74) is 5.58. The second-order valence-corrected chi connectivity index (χ2v) is 8.94. The maximum absolute atomic E-state index is 11.6. The third-order valence-corrected chi connectivity index (χ3v) is 6.62. The number of carbonyl (C=O) groups excluding carboxylic acids is 1. The maximum Gasteiger partial charge on any atom is 0.224 e. The van der Waals surface area contributed by atoms with E-state index < -0.39 is 0 Å². The molecular formula is C26H30N6O. The van der Waals surface area contributed by atoms with Gasteiger partial charge in [0.2, 0.25) is 11.9 Å². The highest BCUT2D eigenvalue weighted by Crippen LogP contribution is 2.36. The second-order valence-electron chi connectivity index (χ2n) is 8.94. The molecule has 5 rings (SSSR count). The number of hydrogen-bond donors (Lipinski definition) is 1. The standard InChI is InChI=1S/C26H30N6O/c1-18-16-28-26(29-22-10-13-31(14-11-22)19(2)33)30-25(18)32-12-6-9-21-17-27-23(15-24(21)32)20-7-4-3-5-8-20/h3-5,7-8,15-17,22H,6,9-14H2,1-2H3,(H,28,29,30). The van der Waals surface area contributed by atoms with E-state index in [0.29, 0.717) is 5.95 Å². The van der Waals surface area contributed by atoms with Gasteiger partial charge in [0.1, 0.15) is 5.82 Å². The minimum absolute atomic E-state index is 0.149. The van der Waals surface area contributed by atoms with E-state index in [4.69, 9.17) is 9.97 Å². The van der Waals surface area contributed by atoms with Crippen molar-refractivity contribution in [3.8, 4) is 11.3 Å². The lowest BCUT2D eigenvalue weighted by molar-refractivity contribution is -0.129. The Bertz CT molecular complexity index is 1140. The first-order chi connectivity index (χ1) is 16.1. The van der Waals surface area contributed by atoms with Gasteiger partial charge in [-0.15, -0.1) is 0 Å². The number of aryl methyl sites for hydroxylation is 2. The Balaban J connectivity index is 1.41. The van der Waals surface area contributed by atoms with E-state index in [0.717, 1.165) is 68.0 Å². The van der Waals surface area contributed by atoms with Crippen molar-refractivity contribution in [1.29, 1.82) is 0 Å². The first-order valence-corrected chi connectivity index (χ1v) is 11.8. The molecule has 7 nitrogen and oxygen atoms in total. The van der Waals surface area contributed by atoms with Crippen molar-refractivity contribution in [1.82, 2.24) is 19.9 Å². The average molecular weight is 443 g/mol. The molecule has 3 aromatic rings. The van der Waals surface area contributed by atoms with E-state index in [1.165, 1.54) is 11.3 Å². The topological polar surface area (TPSA) is 74.2 Å². The van der Waals surface area contributed by atoms with Crippen LogP contribution in [0.1, 0.15) is 37.3 Å². The van der Waals surface area contributed by atoms with Crippen molar-refractivity contribution >= 4 is 23.4 Å². The molecule has 0 unspecified atom stereocenters. The third kappa shape index (κ3) is 4.53. The molecule has 2 aliphatic rings. The van der Waals surface area contributed by atoms with Gasteiger partial charge < -0.3 is 15.1 Å². The molecule has 7 heteroatoms. The maximum atomic E-state index is 11.6. The van der Waals surface area contributed by atoms with Crippen LogP contribution >= 0.6 is 0 Å². The van der Waals surface area contributed by atoms with Crippen molar-refractivity contribution in [3.05, 3.63) is 59.9 Å². The summed E-state index contributed by atoms with van der Waals surface area (Å²) in [5, 5.41) is 3.51. The van der Waals surface area contributed by atoms with Gasteiger partial charge in [-0.25, -0.2) is 4.98 Å².